The molecule has 27 heavy (non-hydrogen) atoms. The van der Waals surface area contributed by atoms with Crippen LogP contribution in [0.3, 0.4) is 0 Å². The molecule has 1 heterocycles. The van der Waals surface area contributed by atoms with Crippen LogP contribution < -0.4 is 9.47 Å². The Morgan fingerprint density at radius 3 is 2.48 bits per heavy atom. The lowest BCUT2D eigenvalue weighted by Gasteiger charge is -2.07. The minimum Gasteiger partial charge on any atom is -0.493 e. The van der Waals surface area contributed by atoms with E-state index in [-0.39, 0.29) is 11.6 Å². The molecule has 0 bridgehead atoms. The van der Waals surface area contributed by atoms with Crippen LogP contribution in [0.2, 0.25) is 10.0 Å². The first-order valence-corrected chi connectivity index (χ1v) is 8.63. The third-order valence-electron chi connectivity index (χ3n) is 3.72. The Bertz CT molecular complexity index is 980. The van der Waals surface area contributed by atoms with Gasteiger partial charge in [-0.1, -0.05) is 35.3 Å². The van der Waals surface area contributed by atoms with Gasteiger partial charge in [0.2, 0.25) is 5.90 Å². The van der Waals surface area contributed by atoms with E-state index in [1.54, 1.807) is 68.8 Å². The highest BCUT2D eigenvalue weighted by atomic mass is 35.5. The first-order chi connectivity index (χ1) is 13.0. The van der Waals surface area contributed by atoms with Crippen molar-refractivity contribution in [1.29, 1.82) is 0 Å². The Hall–Kier alpha value is -2.76. The zero-order chi connectivity index (χ0) is 19.4. The molecular weight excluding hydrogens is 389 g/mol. The van der Waals surface area contributed by atoms with Crippen molar-refractivity contribution < 1.29 is 19.0 Å². The summed E-state index contributed by atoms with van der Waals surface area (Å²) in [6, 6.07) is 10.4. The molecule has 2 aromatic rings. The highest BCUT2D eigenvalue weighted by Gasteiger charge is 2.21. The Kier molecular flexibility index (Phi) is 5.84. The third-order valence-corrected chi connectivity index (χ3v) is 4.28. The predicted octanol–water partition coefficient (Wildman–Crippen LogP) is 5.02. The summed E-state index contributed by atoms with van der Waals surface area (Å²) in [4.78, 5) is 16.3. The van der Waals surface area contributed by atoms with Crippen LogP contribution in [0.5, 0.6) is 11.5 Å². The van der Waals surface area contributed by atoms with Gasteiger partial charge in [-0.15, -0.1) is 0 Å². The SMILES string of the molecule is COc1ccc(C=C2N=C(C=Cc3ccc(Cl)cc3Cl)OC2=O)cc1OC. The lowest BCUT2D eigenvalue weighted by molar-refractivity contribution is -0.129. The number of nitrogens with zero attached hydrogens (tertiary/aromatic N) is 1. The molecule has 138 valence electrons. The molecule has 7 heteroatoms. The number of esters is 1. The third kappa shape index (κ3) is 4.51. The molecule has 0 fully saturated rings. The number of carbonyl (C=O) groups is 1. The van der Waals surface area contributed by atoms with Gasteiger partial charge in [-0.05, 0) is 47.5 Å². The molecule has 1 aliphatic rings. The molecule has 0 spiro atoms. The standard InChI is InChI=1S/C20H15Cl2NO4/c1-25-17-7-3-12(10-18(17)26-2)9-16-20(24)27-19(23-16)8-5-13-4-6-14(21)11-15(13)22/h3-11H,1-2H3. The zero-order valence-electron chi connectivity index (χ0n) is 14.5. The number of methoxy groups -OCH3 is 2. The predicted molar refractivity (Wildman–Crippen MR) is 107 cm³/mol. The summed E-state index contributed by atoms with van der Waals surface area (Å²) < 4.78 is 15.6. The number of benzene rings is 2. The van der Waals surface area contributed by atoms with Crippen molar-refractivity contribution in [2.45, 2.75) is 0 Å². The lowest BCUT2D eigenvalue weighted by Crippen LogP contribution is -2.01. The molecular formula is C20H15Cl2NO4. The molecule has 0 atom stereocenters. The molecule has 3 rings (SSSR count). The topological polar surface area (TPSA) is 57.1 Å². The van der Waals surface area contributed by atoms with Crippen molar-refractivity contribution in [3.05, 3.63) is 69.3 Å². The van der Waals surface area contributed by atoms with Crippen LogP contribution in [0, 0.1) is 0 Å². The highest BCUT2D eigenvalue weighted by Crippen LogP contribution is 2.29. The first-order valence-electron chi connectivity index (χ1n) is 7.88. The Morgan fingerprint density at radius 1 is 1.00 bits per heavy atom. The highest BCUT2D eigenvalue weighted by molar-refractivity contribution is 6.35. The average molecular weight is 404 g/mol. The van der Waals surface area contributed by atoms with E-state index in [1.165, 1.54) is 0 Å². The number of carbonyl (C=O) groups excluding carboxylic acids is 1. The second-order valence-electron chi connectivity index (χ2n) is 5.48. The number of rotatable bonds is 5. The maximum absolute atomic E-state index is 12.1. The van der Waals surface area contributed by atoms with Crippen LogP contribution in [0.1, 0.15) is 11.1 Å². The fraction of sp³-hybridized carbons (Fsp3) is 0.100. The van der Waals surface area contributed by atoms with E-state index >= 15 is 0 Å². The van der Waals surface area contributed by atoms with Gasteiger partial charge in [0.1, 0.15) is 0 Å². The van der Waals surface area contributed by atoms with Crippen LogP contribution in [-0.2, 0) is 9.53 Å². The second kappa shape index (κ2) is 8.29. The lowest BCUT2D eigenvalue weighted by atomic mass is 10.1. The van der Waals surface area contributed by atoms with E-state index in [4.69, 9.17) is 37.4 Å². The summed E-state index contributed by atoms with van der Waals surface area (Å²) in [6.07, 6.45) is 4.88. The second-order valence-corrected chi connectivity index (χ2v) is 6.33. The van der Waals surface area contributed by atoms with Crippen molar-refractivity contribution in [2.24, 2.45) is 4.99 Å². The van der Waals surface area contributed by atoms with Gasteiger partial charge in [-0.3, -0.25) is 0 Å². The summed E-state index contributed by atoms with van der Waals surface area (Å²) in [7, 11) is 3.10. The summed E-state index contributed by atoms with van der Waals surface area (Å²) in [6.45, 7) is 0. The fourth-order valence-corrected chi connectivity index (χ4v) is 2.87. The van der Waals surface area contributed by atoms with Crippen molar-refractivity contribution in [2.75, 3.05) is 14.2 Å². The molecule has 0 amide bonds. The van der Waals surface area contributed by atoms with Gasteiger partial charge in [0, 0.05) is 16.1 Å². The smallest absolute Gasteiger partial charge is 0.363 e. The molecule has 0 aliphatic carbocycles. The van der Waals surface area contributed by atoms with E-state index in [2.05, 4.69) is 4.99 Å². The van der Waals surface area contributed by atoms with Gasteiger partial charge in [0.25, 0.3) is 0 Å². The molecule has 0 saturated heterocycles. The summed E-state index contributed by atoms with van der Waals surface area (Å²) in [5, 5.41) is 1.03. The van der Waals surface area contributed by atoms with E-state index in [9.17, 15) is 4.79 Å². The number of halogens is 2. The molecule has 0 unspecified atom stereocenters. The average Bonchev–Trinajstić information content (AvgIpc) is 3.00. The fourth-order valence-electron chi connectivity index (χ4n) is 2.40. The van der Waals surface area contributed by atoms with Crippen molar-refractivity contribution in [3.8, 4) is 11.5 Å². The molecule has 5 nitrogen and oxygen atoms in total. The Balaban J connectivity index is 1.83. The minimum atomic E-state index is -0.536. The largest absolute Gasteiger partial charge is 0.493 e. The molecule has 0 aromatic heterocycles. The molecule has 2 aromatic carbocycles. The van der Waals surface area contributed by atoms with E-state index in [0.717, 1.165) is 11.1 Å². The molecule has 0 saturated carbocycles. The van der Waals surface area contributed by atoms with Crippen molar-refractivity contribution in [3.63, 3.8) is 0 Å². The molecule has 0 radical (unpaired) electrons. The van der Waals surface area contributed by atoms with Gasteiger partial charge < -0.3 is 14.2 Å². The van der Waals surface area contributed by atoms with Gasteiger partial charge in [0.15, 0.2) is 17.2 Å². The first kappa shape index (κ1) is 19.0. The van der Waals surface area contributed by atoms with Crippen LogP contribution in [0.15, 0.2) is 53.2 Å². The van der Waals surface area contributed by atoms with Crippen LogP contribution in [0.4, 0.5) is 0 Å². The number of hydrogen-bond acceptors (Lipinski definition) is 5. The number of hydrogen-bond donors (Lipinski definition) is 0. The quantitative estimate of drug-likeness (QED) is 0.519. The normalized spacial score (nSPS) is 15.2. The number of ether oxygens (including phenoxy) is 3. The summed E-state index contributed by atoms with van der Waals surface area (Å²) >= 11 is 12.0. The number of cyclic esters (lactones) is 1. The van der Waals surface area contributed by atoms with E-state index in [1.807, 2.05) is 0 Å². The van der Waals surface area contributed by atoms with Crippen LogP contribution in [0.25, 0.3) is 12.2 Å². The molecule has 1 aliphatic heterocycles. The van der Waals surface area contributed by atoms with Crippen molar-refractivity contribution in [1.82, 2.24) is 0 Å². The monoisotopic (exact) mass is 403 g/mol. The van der Waals surface area contributed by atoms with Gasteiger partial charge in [-0.2, -0.15) is 0 Å². The van der Waals surface area contributed by atoms with E-state index < -0.39 is 5.97 Å². The van der Waals surface area contributed by atoms with Gasteiger partial charge >= 0.3 is 5.97 Å². The maximum atomic E-state index is 12.1. The zero-order valence-corrected chi connectivity index (χ0v) is 16.0. The van der Waals surface area contributed by atoms with Crippen molar-refractivity contribution >= 4 is 47.2 Å². The number of aliphatic imine (C=N–C) groups is 1. The van der Waals surface area contributed by atoms with Crippen LogP contribution in [-0.4, -0.2) is 26.1 Å². The van der Waals surface area contributed by atoms with E-state index in [0.29, 0.717) is 21.5 Å². The molecule has 0 N–H and O–H groups in total. The summed E-state index contributed by atoms with van der Waals surface area (Å²) in [5.41, 5.74) is 1.65. The van der Waals surface area contributed by atoms with Gasteiger partial charge in [0.05, 0.1) is 14.2 Å². The minimum absolute atomic E-state index is 0.178. The Morgan fingerprint density at radius 2 is 1.78 bits per heavy atom. The van der Waals surface area contributed by atoms with Gasteiger partial charge in [-0.25, -0.2) is 9.79 Å². The summed E-state index contributed by atoms with van der Waals surface area (Å²) in [5.74, 6) is 0.796. The van der Waals surface area contributed by atoms with Crippen LogP contribution >= 0.6 is 23.2 Å². The Labute approximate surface area is 166 Å². The maximum Gasteiger partial charge on any atom is 0.363 e.